The van der Waals surface area contributed by atoms with E-state index in [4.69, 9.17) is 0 Å². The first kappa shape index (κ1) is 25.6. The van der Waals surface area contributed by atoms with Gasteiger partial charge in [-0.3, -0.25) is 19.7 Å². The standard InChI is InChI=1S/C15H25F3N2O3S3/c1-3-5-10(21)15(18,9-26)20-12(23)13(16,7-24)6-11(22)14(17,8-25)19-4-2/h19,24-26H,3-9H2,1-2H3,(H,20,23)/t13-,14+,15+/m0/s1. The molecular weight excluding hydrogens is 409 g/mol. The number of Topliss-reactive ketones (excluding diaryl/α,β-unsaturated/α-hetero) is 2. The Bertz CT molecular complexity index is 530. The van der Waals surface area contributed by atoms with Gasteiger partial charge in [-0.15, -0.1) is 0 Å². The highest BCUT2D eigenvalue weighted by molar-refractivity contribution is 7.80. The summed E-state index contributed by atoms with van der Waals surface area (Å²) >= 11 is 11.1. The number of amides is 1. The molecule has 2 N–H and O–H groups in total. The molecule has 0 aromatic carbocycles. The molecule has 3 atom stereocenters. The molecule has 0 aliphatic heterocycles. The largest absolute Gasteiger partial charge is 0.314 e. The lowest BCUT2D eigenvalue weighted by atomic mass is 9.94. The van der Waals surface area contributed by atoms with Crippen LogP contribution in [0, 0.1) is 0 Å². The normalized spacial score (nSPS) is 18.3. The van der Waals surface area contributed by atoms with Gasteiger partial charge in [-0.25, -0.2) is 13.2 Å². The van der Waals surface area contributed by atoms with Crippen LogP contribution in [0.2, 0.25) is 0 Å². The summed E-state index contributed by atoms with van der Waals surface area (Å²) in [4.78, 5) is 36.2. The zero-order valence-electron chi connectivity index (χ0n) is 14.7. The molecule has 0 rings (SSSR count). The first-order valence-corrected chi connectivity index (χ1v) is 9.91. The van der Waals surface area contributed by atoms with Crippen LogP contribution in [0.15, 0.2) is 0 Å². The summed E-state index contributed by atoms with van der Waals surface area (Å²) in [6.07, 6.45) is -1.07. The SMILES string of the molecule is CCCC(=O)[C@@](F)(CS)NC(=O)[C@@](F)(CS)CC(=O)[C@@](F)(CS)NCC. The molecule has 0 aromatic rings. The summed E-state index contributed by atoms with van der Waals surface area (Å²) < 4.78 is 44.1. The van der Waals surface area contributed by atoms with E-state index in [-0.39, 0.29) is 13.0 Å². The third-order valence-electron chi connectivity index (χ3n) is 3.66. The summed E-state index contributed by atoms with van der Waals surface area (Å²) in [5, 5.41) is 3.89. The highest BCUT2D eigenvalue weighted by Crippen LogP contribution is 2.26. The zero-order chi connectivity index (χ0) is 20.6. The lowest BCUT2D eigenvalue weighted by molar-refractivity contribution is -0.147. The second kappa shape index (κ2) is 10.8. The van der Waals surface area contributed by atoms with Crippen molar-refractivity contribution in [3.05, 3.63) is 0 Å². The van der Waals surface area contributed by atoms with Gasteiger partial charge in [0, 0.05) is 17.9 Å². The fourth-order valence-corrected chi connectivity index (χ4v) is 2.84. The maximum absolute atomic E-state index is 15.0. The quantitative estimate of drug-likeness (QED) is 0.227. The molecule has 0 fully saturated rings. The van der Waals surface area contributed by atoms with Gasteiger partial charge >= 0.3 is 0 Å². The third kappa shape index (κ3) is 6.35. The van der Waals surface area contributed by atoms with Crippen LogP contribution < -0.4 is 10.6 Å². The smallest absolute Gasteiger partial charge is 0.261 e. The van der Waals surface area contributed by atoms with Crippen LogP contribution >= 0.6 is 37.9 Å². The van der Waals surface area contributed by atoms with Crippen molar-refractivity contribution >= 4 is 55.4 Å². The van der Waals surface area contributed by atoms with Crippen LogP contribution in [-0.2, 0) is 14.4 Å². The minimum Gasteiger partial charge on any atom is -0.314 e. The molecule has 0 saturated carbocycles. The highest BCUT2D eigenvalue weighted by Gasteiger charge is 2.49. The maximum Gasteiger partial charge on any atom is 0.261 e. The number of halogens is 3. The van der Waals surface area contributed by atoms with E-state index >= 15 is 0 Å². The molecule has 0 aliphatic rings. The topological polar surface area (TPSA) is 75.3 Å². The van der Waals surface area contributed by atoms with Crippen molar-refractivity contribution in [2.24, 2.45) is 0 Å². The zero-order valence-corrected chi connectivity index (χ0v) is 17.3. The third-order valence-corrected chi connectivity index (χ3v) is 5.04. The lowest BCUT2D eigenvalue weighted by Crippen LogP contribution is -2.60. The highest BCUT2D eigenvalue weighted by atomic mass is 32.1. The monoisotopic (exact) mass is 434 g/mol. The van der Waals surface area contributed by atoms with Gasteiger partial charge < -0.3 is 5.32 Å². The molecule has 0 bridgehead atoms. The summed E-state index contributed by atoms with van der Waals surface area (Å²) in [7, 11) is 0. The predicted molar refractivity (Wildman–Crippen MR) is 104 cm³/mol. The Labute approximate surface area is 167 Å². The van der Waals surface area contributed by atoms with Crippen LogP contribution in [0.5, 0.6) is 0 Å². The number of hydrogen-bond acceptors (Lipinski definition) is 7. The van der Waals surface area contributed by atoms with Crippen LogP contribution in [0.1, 0.15) is 33.1 Å². The van der Waals surface area contributed by atoms with Gasteiger partial charge in [0.25, 0.3) is 5.91 Å². The van der Waals surface area contributed by atoms with Crippen molar-refractivity contribution in [3.8, 4) is 0 Å². The van der Waals surface area contributed by atoms with Crippen LogP contribution in [0.25, 0.3) is 0 Å². The molecule has 0 spiro atoms. The molecule has 152 valence electrons. The van der Waals surface area contributed by atoms with Gasteiger partial charge in [-0.2, -0.15) is 37.9 Å². The summed E-state index contributed by atoms with van der Waals surface area (Å²) in [5.74, 6) is -11.5. The van der Waals surface area contributed by atoms with E-state index in [2.05, 4.69) is 43.2 Å². The molecule has 0 radical (unpaired) electrons. The fourth-order valence-electron chi connectivity index (χ4n) is 2.04. The molecule has 0 aliphatic carbocycles. The van der Waals surface area contributed by atoms with Gasteiger partial charge in [0.05, 0.1) is 12.2 Å². The van der Waals surface area contributed by atoms with Crippen molar-refractivity contribution in [1.82, 2.24) is 10.6 Å². The van der Waals surface area contributed by atoms with E-state index in [1.807, 2.05) is 0 Å². The summed E-state index contributed by atoms with van der Waals surface area (Å²) in [6, 6.07) is 0. The Kier molecular flexibility index (Phi) is 10.7. The minimum atomic E-state index is -3.01. The molecule has 0 saturated heterocycles. The van der Waals surface area contributed by atoms with Gasteiger partial charge in [0.1, 0.15) is 0 Å². The Hall–Kier alpha value is -0.390. The van der Waals surface area contributed by atoms with E-state index in [1.54, 1.807) is 12.2 Å². The average molecular weight is 435 g/mol. The predicted octanol–water partition coefficient (Wildman–Crippen LogP) is 1.87. The Morgan fingerprint density at radius 2 is 1.42 bits per heavy atom. The minimum absolute atomic E-state index is 0.0634. The van der Waals surface area contributed by atoms with Crippen molar-refractivity contribution < 1.29 is 27.6 Å². The summed E-state index contributed by atoms with van der Waals surface area (Å²) in [6.45, 7) is 3.22. The number of thiol groups is 3. The van der Waals surface area contributed by atoms with Gasteiger partial charge in [-0.05, 0) is 13.0 Å². The lowest BCUT2D eigenvalue weighted by Gasteiger charge is -2.30. The molecule has 0 aromatic heterocycles. The van der Waals surface area contributed by atoms with E-state index in [1.165, 1.54) is 6.92 Å². The van der Waals surface area contributed by atoms with E-state index < -0.39 is 58.4 Å². The molecular formula is C15H25F3N2O3S3. The van der Waals surface area contributed by atoms with Crippen molar-refractivity contribution in [2.45, 2.75) is 50.4 Å². The molecule has 5 nitrogen and oxygen atoms in total. The van der Waals surface area contributed by atoms with Crippen molar-refractivity contribution in [1.29, 1.82) is 0 Å². The number of likely N-dealkylation sites (N-methyl/N-ethyl adjacent to an activating group) is 1. The van der Waals surface area contributed by atoms with Crippen LogP contribution in [-0.4, -0.2) is 58.5 Å². The number of alkyl halides is 3. The number of nitrogens with one attached hydrogen (secondary N) is 2. The number of ketones is 2. The molecule has 11 heteroatoms. The van der Waals surface area contributed by atoms with Gasteiger partial charge in [0.2, 0.25) is 17.3 Å². The number of rotatable bonds is 13. The van der Waals surface area contributed by atoms with Crippen molar-refractivity contribution in [2.75, 3.05) is 23.8 Å². The van der Waals surface area contributed by atoms with Gasteiger partial charge in [-0.1, -0.05) is 13.8 Å². The molecule has 0 heterocycles. The Balaban J connectivity index is 5.43. The van der Waals surface area contributed by atoms with Gasteiger partial charge in [0.15, 0.2) is 11.6 Å². The second-order valence-electron chi connectivity index (χ2n) is 5.80. The van der Waals surface area contributed by atoms with E-state index in [0.717, 1.165) is 0 Å². The molecule has 1 amide bonds. The maximum atomic E-state index is 15.0. The number of carbonyl (C=O) groups is 3. The Morgan fingerprint density at radius 1 is 0.885 bits per heavy atom. The first-order valence-electron chi connectivity index (χ1n) is 8.02. The van der Waals surface area contributed by atoms with Crippen LogP contribution in [0.3, 0.4) is 0 Å². The summed E-state index contributed by atoms with van der Waals surface area (Å²) in [5.41, 5.74) is -3.01. The average Bonchev–Trinajstić information content (AvgIpc) is 2.61. The molecule has 0 unspecified atom stereocenters. The number of hydrogen-bond donors (Lipinski definition) is 5. The van der Waals surface area contributed by atoms with E-state index in [9.17, 15) is 27.6 Å². The molecule has 26 heavy (non-hydrogen) atoms. The van der Waals surface area contributed by atoms with E-state index in [0.29, 0.717) is 6.42 Å². The Morgan fingerprint density at radius 3 is 1.81 bits per heavy atom. The van der Waals surface area contributed by atoms with Crippen LogP contribution in [0.4, 0.5) is 13.2 Å². The fraction of sp³-hybridized carbons (Fsp3) is 0.800. The first-order chi connectivity index (χ1) is 12.0. The van der Waals surface area contributed by atoms with Crippen molar-refractivity contribution in [3.63, 3.8) is 0 Å². The number of carbonyl (C=O) groups excluding carboxylic acids is 3. The second-order valence-corrected chi connectivity index (χ2v) is 6.75.